The molecule has 0 unspecified atom stereocenters. The molecule has 1 aromatic heterocycles. The van der Waals surface area contributed by atoms with Crippen molar-refractivity contribution in [3.8, 4) is 0 Å². The number of benzene rings is 1. The molecule has 0 atom stereocenters. The second kappa shape index (κ2) is 7.99. The first kappa shape index (κ1) is 15.8. The lowest BCUT2D eigenvalue weighted by atomic mass is 10.2. The highest BCUT2D eigenvalue weighted by atomic mass is 35.5. The molecular formula is C17H22ClN3. The van der Waals surface area contributed by atoms with Crippen LogP contribution in [0.3, 0.4) is 0 Å². The van der Waals surface area contributed by atoms with Gasteiger partial charge in [-0.1, -0.05) is 50.1 Å². The third-order valence-electron chi connectivity index (χ3n) is 3.28. The van der Waals surface area contributed by atoms with Crippen molar-refractivity contribution in [1.82, 2.24) is 9.97 Å². The Bertz CT molecular complexity index is 557. The van der Waals surface area contributed by atoms with Gasteiger partial charge in [-0.05, 0) is 25.0 Å². The minimum atomic E-state index is 0.515. The molecule has 0 bridgehead atoms. The van der Waals surface area contributed by atoms with Crippen LogP contribution in [-0.2, 0) is 6.42 Å². The fourth-order valence-corrected chi connectivity index (χ4v) is 2.42. The predicted molar refractivity (Wildman–Crippen MR) is 89.4 cm³/mol. The quantitative estimate of drug-likeness (QED) is 0.672. The predicted octanol–water partition coefficient (Wildman–Crippen LogP) is 5.02. The fourth-order valence-electron chi connectivity index (χ4n) is 2.23. The van der Waals surface area contributed by atoms with Crippen LogP contribution in [0.2, 0.25) is 5.15 Å². The number of rotatable bonds is 7. The van der Waals surface area contributed by atoms with Gasteiger partial charge in [-0.2, -0.15) is 0 Å². The topological polar surface area (TPSA) is 29.0 Å². The molecule has 0 fully saturated rings. The minimum absolute atomic E-state index is 0.515. The Labute approximate surface area is 132 Å². The van der Waals surface area contributed by atoms with E-state index in [9.17, 15) is 0 Å². The van der Waals surface area contributed by atoms with Crippen LogP contribution in [0.25, 0.3) is 0 Å². The summed E-state index contributed by atoms with van der Waals surface area (Å²) in [7, 11) is 0. The summed E-state index contributed by atoms with van der Waals surface area (Å²) in [5.74, 6) is 1.70. The van der Waals surface area contributed by atoms with Crippen molar-refractivity contribution in [3.63, 3.8) is 0 Å². The van der Waals surface area contributed by atoms with Gasteiger partial charge in [0.2, 0.25) is 0 Å². The van der Waals surface area contributed by atoms with Crippen molar-refractivity contribution in [1.29, 1.82) is 0 Å². The maximum Gasteiger partial charge on any atom is 0.138 e. The Morgan fingerprint density at radius 3 is 2.48 bits per heavy atom. The summed E-state index contributed by atoms with van der Waals surface area (Å²) in [6.07, 6.45) is 4.12. The van der Waals surface area contributed by atoms with Crippen molar-refractivity contribution >= 4 is 23.1 Å². The Kier molecular flexibility index (Phi) is 6.00. The number of aromatic nitrogens is 2. The molecule has 0 saturated carbocycles. The number of halogens is 1. The van der Waals surface area contributed by atoms with E-state index in [1.165, 1.54) is 0 Å². The molecule has 0 N–H and O–H groups in total. The van der Waals surface area contributed by atoms with Gasteiger partial charge in [0.15, 0.2) is 0 Å². The summed E-state index contributed by atoms with van der Waals surface area (Å²) in [4.78, 5) is 11.2. The van der Waals surface area contributed by atoms with Crippen LogP contribution in [0.15, 0.2) is 36.4 Å². The van der Waals surface area contributed by atoms with Crippen molar-refractivity contribution in [2.24, 2.45) is 0 Å². The van der Waals surface area contributed by atoms with Gasteiger partial charge in [0.25, 0.3) is 0 Å². The van der Waals surface area contributed by atoms with Gasteiger partial charge in [0, 0.05) is 24.7 Å². The van der Waals surface area contributed by atoms with Gasteiger partial charge in [0.1, 0.15) is 16.8 Å². The lowest BCUT2D eigenvalue weighted by molar-refractivity contribution is 0.768. The molecule has 2 aromatic rings. The molecule has 1 heterocycles. The van der Waals surface area contributed by atoms with Gasteiger partial charge >= 0.3 is 0 Å². The third kappa shape index (κ3) is 4.43. The van der Waals surface area contributed by atoms with E-state index in [0.717, 1.165) is 49.6 Å². The zero-order valence-corrected chi connectivity index (χ0v) is 13.5. The summed E-state index contributed by atoms with van der Waals surface area (Å²) < 4.78 is 0. The molecule has 21 heavy (non-hydrogen) atoms. The Balaban J connectivity index is 2.36. The van der Waals surface area contributed by atoms with E-state index in [1.807, 2.05) is 24.3 Å². The molecule has 0 amide bonds. The summed E-state index contributed by atoms with van der Waals surface area (Å²) in [5.41, 5.74) is 1.14. The molecule has 0 spiro atoms. The van der Waals surface area contributed by atoms with E-state index in [2.05, 4.69) is 40.8 Å². The maximum absolute atomic E-state index is 6.17. The molecule has 0 aliphatic rings. The van der Waals surface area contributed by atoms with Crippen molar-refractivity contribution < 1.29 is 0 Å². The second-order valence-electron chi connectivity index (χ2n) is 5.06. The molecule has 3 nitrogen and oxygen atoms in total. The van der Waals surface area contributed by atoms with Gasteiger partial charge < -0.3 is 4.90 Å². The average molecular weight is 304 g/mol. The van der Waals surface area contributed by atoms with Crippen LogP contribution in [0, 0.1) is 0 Å². The van der Waals surface area contributed by atoms with E-state index in [-0.39, 0.29) is 0 Å². The fraction of sp³-hybridized carbons (Fsp3) is 0.412. The lowest BCUT2D eigenvalue weighted by Crippen LogP contribution is -2.20. The zero-order chi connectivity index (χ0) is 15.1. The summed E-state index contributed by atoms with van der Waals surface area (Å²) in [6.45, 7) is 5.24. The molecule has 4 heteroatoms. The molecule has 112 valence electrons. The first-order chi connectivity index (χ1) is 10.2. The van der Waals surface area contributed by atoms with Crippen molar-refractivity contribution in [2.45, 2.75) is 39.5 Å². The molecule has 1 aromatic carbocycles. The van der Waals surface area contributed by atoms with E-state index in [0.29, 0.717) is 5.15 Å². The maximum atomic E-state index is 6.17. The number of nitrogens with zero attached hydrogens (tertiary/aromatic N) is 3. The molecular weight excluding hydrogens is 282 g/mol. The molecule has 0 saturated heterocycles. The average Bonchev–Trinajstić information content (AvgIpc) is 2.48. The Morgan fingerprint density at radius 2 is 1.81 bits per heavy atom. The highest BCUT2D eigenvalue weighted by molar-refractivity contribution is 6.29. The smallest absolute Gasteiger partial charge is 0.138 e. The third-order valence-corrected chi connectivity index (χ3v) is 3.47. The molecule has 2 rings (SSSR count). The van der Waals surface area contributed by atoms with Crippen molar-refractivity contribution in [3.05, 3.63) is 47.4 Å². The minimum Gasteiger partial charge on any atom is -0.326 e. The normalized spacial score (nSPS) is 10.6. The first-order valence-electron chi connectivity index (χ1n) is 7.60. The summed E-state index contributed by atoms with van der Waals surface area (Å²) in [6, 6.07) is 12.2. The summed E-state index contributed by atoms with van der Waals surface area (Å²) >= 11 is 6.17. The Morgan fingerprint density at radius 1 is 1.05 bits per heavy atom. The largest absolute Gasteiger partial charge is 0.326 e. The number of para-hydroxylation sites is 1. The van der Waals surface area contributed by atoms with Crippen molar-refractivity contribution in [2.75, 3.05) is 11.4 Å². The van der Waals surface area contributed by atoms with E-state index in [4.69, 9.17) is 11.6 Å². The van der Waals surface area contributed by atoms with Crippen LogP contribution in [0.4, 0.5) is 11.5 Å². The molecule has 0 aliphatic carbocycles. The number of anilines is 2. The lowest BCUT2D eigenvalue weighted by Gasteiger charge is -2.24. The second-order valence-corrected chi connectivity index (χ2v) is 5.44. The van der Waals surface area contributed by atoms with E-state index >= 15 is 0 Å². The van der Waals surface area contributed by atoms with Gasteiger partial charge in [-0.15, -0.1) is 0 Å². The number of aryl methyl sites for hydroxylation is 1. The molecule has 0 aliphatic heterocycles. The van der Waals surface area contributed by atoms with Crippen LogP contribution in [0.1, 0.15) is 38.9 Å². The van der Waals surface area contributed by atoms with Crippen LogP contribution < -0.4 is 4.90 Å². The highest BCUT2D eigenvalue weighted by Gasteiger charge is 2.12. The number of hydrogen-bond donors (Lipinski definition) is 0. The standard InChI is InChI=1S/C17H22ClN3/c1-3-5-12-21(14-10-7-6-8-11-14)17-13-15(18)19-16(20-17)9-4-2/h6-8,10-11,13H,3-5,9,12H2,1-2H3. The number of unbranched alkanes of at least 4 members (excludes halogenated alkanes) is 1. The van der Waals surface area contributed by atoms with Gasteiger partial charge in [-0.25, -0.2) is 9.97 Å². The van der Waals surface area contributed by atoms with Crippen LogP contribution in [0.5, 0.6) is 0 Å². The van der Waals surface area contributed by atoms with E-state index < -0.39 is 0 Å². The Hall–Kier alpha value is -1.61. The van der Waals surface area contributed by atoms with Gasteiger partial charge in [0.05, 0.1) is 0 Å². The van der Waals surface area contributed by atoms with Gasteiger partial charge in [-0.3, -0.25) is 0 Å². The molecule has 0 radical (unpaired) electrons. The van der Waals surface area contributed by atoms with Crippen LogP contribution >= 0.6 is 11.6 Å². The SMILES string of the molecule is CCCCN(c1ccccc1)c1cc(Cl)nc(CCC)n1. The van der Waals surface area contributed by atoms with Crippen LogP contribution in [-0.4, -0.2) is 16.5 Å². The summed E-state index contributed by atoms with van der Waals surface area (Å²) in [5, 5.41) is 0.515. The zero-order valence-electron chi connectivity index (χ0n) is 12.7. The monoisotopic (exact) mass is 303 g/mol. The number of hydrogen-bond acceptors (Lipinski definition) is 3. The van der Waals surface area contributed by atoms with E-state index in [1.54, 1.807) is 0 Å². The first-order valence-corrected chi connectivity index (χ1v) is 7.98. The highest BCUT2D eigenvalue weighted by Crippen LogP contribution is 2.26.